The highest BCUT2D eigenvalue weighted by atomic mass is 17.1. The number of nitrogens with one attached hydrogen (secondary N) is 1. The third kappa shape index (κ3) is 5.26. The van der Waals surface area contributed by atoms with Crippen molar-refractivity contribution in [2.45, 2.75) is 27.4 Å². The van der Waals surface area contributed by atoms with E-state index in [0.717, 1.165) is 29.3 Å². The van der Waals surface area contributed by atoms with Gasteiger partial charge in [0.2, 0.25) is 0 Å². The summed E-state index contributed by atoms with van der Waals surface area (Å²) in [5.41, 5.74) is 2.84. The van der Waals surface area contributed by atoms with Crippen LogP contribution in [0.15, 0.2) is 58.4 Å². The molecule has 196 valence electrons. The minimum atomic E-state index is -1.22. The lowest BCUT2D eigenvalue weighted by atomic mass is 10.1. The van der Waals surface area contributed by atoms with E-state index in [9.17, 15) is 19.5 Å². The first-order chi connectivity index (χ1) is 18.3. The van der Waals surface area contributed by atoms with Crippen LogP contribution in [0.3, 0.4) is 0 Å². The molecule has 0 saturated carbocycles. The number of allylic oxidation sites excluding steroid dienone is 1. The standard InChI is InChI=1S/C28H28N4O6/c1-4-31(5-2)21-11-9-18(10-12-21)7-6-8-23-17(3)24-25(29-26(23)33)30-32(27(24)34)22-14-19(16-38-37)13-20(15-22)28(35)36/h6-15,37H,4-5,16H2,1-3H3,(H,35,36)(H,29,30,33)/b7-6+,23-8-. The Labute approximate surface area is 218 Å². The van der Waals surface area contributed by atoms with Crippen LogP contribution in [0, 0.1) is 6.92 Å². The lowest BCUT2D eigenvalue weighted by Crippen LogP contribution is -2.38. The van der Waals surface area contributed by atoms with Gasteiger partial charge in [-0.3, -0.25) is 14.8 Å². The molecule has 2 heterocycles. The topological polar surface area (TPSA) is 136 Å². The fraction of sp³-hybridized carbons (Fsp3) is 0.214. The van der Waals surface area contributed by atoms with E-state index in [4.69, 9.17) is 5.26 Å². The second-order valence-corrected chi connectivity index (χ2v) is 8.69. The molecule has 1 amide bonds. The molecule has 3 N–H and O–H groups in total. The number of aromatic nitrogens is 1. The smallest absolute Gasteiger partial charge is 0.335 e. The second-order valence-electron chi connectivity index (χ2n) is 8.69. The number of hydrogen-bond acceptors (Lipinski definition) is 7. The van der Waals surface area contributed by atoms with Gasteiger partial charge in [-0.2, -0.15) is 5.01 Å². The summed E-state index contributed by atoms with van der Waals surface area (Å²) >= 11 is 0. The Hall–Kier alpha value is -4.54. The fourth-order valence-electron chi connectivity index (χ4n) is 4.40. The number of benzene rings is 2. The van der Waals surface area contributed by atoms with Crippen LogP contribution in [0.1, 0.15) is 51.3 Å². The molecule has 0 bridgehead atoms. The Kier molecular flexibility index (Phi) is 7.85. The third-order valence-corrected chi connectivity index (χ3v) is 6.37. The third-order valence-electron chi connectivity index (χ3n) is 6.37. The molecule has 0 radical (unpaired) electrons. The number of carboxylic acid groups (broad SMARTS) is 1. The average molecular weight is 517 g/mol. The van der Waals surface area contributed by atoms with Gasteiger partial charge in [0.15, 0.2) is 5.49 Å². The molecule has 10 heteroatoms. The zero-order valence-electron chi connectivity index (χ0n) is 21.3. The quantitative estimate of drug-likeness (QED) is 0.294. The first-order valence-corrected chi connectivity index (χ1v) is 12.1. The van der Waals surface area contributed by atoms with Gasteiger partial charge in [-0.15, -0.1) is 5.10 Å². The molecule has 1 aromatic heterocycles. The van der Waals surface area contributed by atoms with E-state index in [2.05, 4.69) is 33.7 Å². The van der Waals surface area contributed by atoms with Crippen LogP contribution in [0.5, 0.6) is 0 Å². The molecule has 2 aromatic carbocycles. The maximum atomic E-state index is 13.3. The van der Waals surface area contributed by atoms with Crippen molar-refractivity contribution in [3.05, 3.63) is 97.4 Å². The van der Waals surface area contributed by atoms with E-state index in [1.165, 1.54) is 18.2 Å². The van der Waals surface area contributed by atoms with Gasteiger partial charge in [0, 0.05) is 24.0 Å². The number of anilines is 2. The summed E-state index contributed by atoms with van der Waals surface area (Å²) < 4.78 is 0. The summed E-state index contributed by atoms with van der Waals surface area (Å²) in [6.07, 6.45) is 5.27. The summed E-state index contributed by atoms with van der Waals surface area (Å²) in [6, 6.07) is 12.2. The Balaban J connectivity index is 1.66. The number of H-pyrrole nitrogens is 1. The summed E-state index contributed by atoms with van der Waals surface area (Å²) in [6.45, 7) is 7.45. The monoisotopic (exact) mass is 516 g/mol. The number of nitrogens with zero attached hydrogens (tertiary/aromatic N) is 3. The number of carbonyl (C=O) groups is 2. The molecule has 0 fully saturated rings. The molecule has 1 aliphatic heterocycles. The van der Waals surface area contributed by atoms with Crippen LogP contribution in [-0.4, -0.2) is 40.3 Å². The van der Waals surface area contributed by atoms with Crippen molar-refractivity contribution in [1.82, 2.24) is 4.98 Å². The van der Waals surface area contributed by atoms with Crippen molar-refractivity contribution in [1.29, 1.82) is 0 Å². The summed E-state index contributed by atoms with van der Waals surface area (Å²) in [5.74, 6) is -1.73. The van der Waals surface area contributed by atoms with Gasteiger partial charge >= 0.3 is 5.97 Å². The van der Waals surface area contributed by atoms with Crippen LogP contribution >= 0.6 is 0 Å². The van der Waals surface area contributed by atoms with Crippen LogP contribution in [-0.2, 0) is 11.5 Å². The minimum Gasteiger partial charge on any atom is -0.478 e. The number of rotatable bonds is 9. The minimum absolute atomic E-state index is 0.0892. The number of pyridine rings is 1. The number of aromatic carboxylic acids is 1. The van der Waals surface area contributed by atoms with Crippen molar-refractivity contribution in [2.75, 3.05) is 23.0 Å². The zero-order valence-corrected chi connectivity index (χ0v) is 21.3. The van der Waals surface area contributed by atoms with E-state index in [1.54, 1.807) is 19.1 Å². The highest BCUT2D eigenvalue weighted by Gasteiger charge is 2.29. The molecule has 1 aliphatic rings. The molecule has 0 atom stereocenters. The average Bonchev–Trinajstić information content (AvgIpc) is 3.23. The van der Waals surface area contributed by atoms with Crippen molar-refractivity contribution in [3.8, 4) is 0 Å². The van der Waals surface area contributed by atoms with Crippen LogP contribution in [0.25, 0.3) is 12.2 Å². The highest BCUT2D eigenvalue weighted by Crippen LogP contribution is 2.24. The SMILES string of the molecule is CCN(CC)c1ccc(/C=C/C=c2/c(C)c3c([nH]c2=O)=NN(c2cc(COO)cc(C(=O)O)c2)C3=O)cc1. The van der Waals surface area contributed by atoms with Crippen LogP contribution < -0.4 is 26.2 Å². The Morgan fingerprint density at radius 1 is 1.13 bits per heavy atom. The Morgan fingerprint density at radius 2 is 1.84 bits per heavy atom. The van der Waals surface area contributed by atoms with Gasteiger partial charge in [0.1, 0.15) is 6.61 Å². The molecule has 0 spiro atoms. The van der Waals surface area contributed by atoms with Gasteiger partial charge in [-0.25, -0.2) is 9.68 Å². The first kappa shape index (κ1) is 26.5. The summed E-state index contributed by atoms with van der Waals surface area (Å²) in [4.78, 5) is 46.7. The Bertz CT molecular complexity index is 1590. The van der Waals surface area contributed by atoms with E-state index in [1.807, 2.05) is 30.3 Å². The van der Waals surface area contributed by atoms with Gasteiger partial charge in [0.05, 0.1) is 16.8 Å². The molecule has 0 saturated heterocycles. The largest absolute Gasteiger partial charge is 0.478 e. The molecule has 0 unspecified atom stereocenters. The number of carbonyl (C=O) groups excluding carboxylic acids is 1. The predicted octanol–water partition coefficient (Wildman–Crippen LogP) is 2.91. The second kappa shape index (κ2) is 11.2. The van der Waals surface area contributed by atoms with Crippen molar-refractivity contribution >= 4 is 35.4 Å². The first-order valence-electron chi connectivity index (χ1n) is 12.1. The molecule has 38 heavy (non-hydrogen) atoms. The Morgan fingerprint density at radius 3 is 2.47 bits per heavy atom. The van der Waals surface area contributed by atoms with E-state index >= 15 is 0 Å². The number of carboxylic acids is 1. The van der Waals surface area contributed by atoms with Crippen LogP contribution in [0.4, 0.5) is 11.4 Å². The molecule has 4 rings (SSSR count). The predicted molar refractivity (Wildman–Crippen MR) is 144 cm³/mol. The van der Waals surface area contributed by atoms with Crippen molar-refractivity contribution < 1.29 is 24.8 Å². The highest BCUT2D eigenvalue weighted by molar-refractivity contribution is 6.08. The molecule has 0 aliphatic carbocycles. The number of aromatic amines is 1. The zero-order chi connectivity index (χ0) is 27.4. The van der Waals surface area contributed by atoms with E-state index < -0.39 is 17.4 Å². The normalized spacial score (nSPS) is 13.2. The number of hydrogen-bond donors (Lipinski definition) is 3. The van der Waals surface area contributed by atoms with Gasteiger partial charge in [-0.05, 0) is 73.9 Å². The molecule has 3 aromatic rings. The fourth-order valence-corrected chi connectivity index (χ4v) is 4.40. The van der Waals surface area contributed by atoms with E-state index in [-0.39, 0.29) is 28.9 Å². The summed E-state index contributed by atoms with van der Waals surface area (Å²) in [5, 5.41) is 23.8. The maximum Gasteiger partial charge on any atom is 0.335 e. The molecular formula is C28H28N4O6. The summed E-state index contributed by atoms with van der Waals surface area (Å²) in [7, 11) is 0. The molecule has 10 nitrogen and oxygen atoms in total. The maximum absolute atomic E-state index is 13.3. The lowest BCUT2D eigenvalue weighted by molar-refractivity contribution is -0.253. The molecular weight excluding hydrogens is 488 g/mol. The van der Waals surface area contributed by atoms with Gasteiger partial charge in [0.25, 0.3) is 11.5 Å². The van der Waals surface area contributed by atoms with Crippen molar-refractivity contribution in [2.24, 2.45) is 5.10 Å². The van der Waals surface area contributed by atoms with Gasteiger partial charge < -0.3 is 15.0 Å². The van der Waals surface area contributed by atoms with Gasteiger partial charge in [-0.1, -0.05) is 24.3 Å². The number of fused-ring (bicyclic) bond motifs is 1. The number of amides is 1. The van der Waals surface area contributed by atoms with E-state index in [0.29, 0.717) is 16.3 Å². The van der Waals surface area contributed by atoms with Crippen LogP contribution in [0.2, 0.25) is 0 Å². The van der Waals surface area contributed by atoms with Crippen molar-refractivity contribution in [3.63, 3.8) is 0 Å². The lowest BCUT2D eigenvalue weighted by Gasteiger charge is -2.20.